The molecule has 0 radical (unpaired) electrons. The van der Waals surface area contributed by atoms with Gasteiger partial charge in [0.05, 0.1) is 6.10 Å². The number of amides is 1. The Bertz CT molecular complexity index is 577. The topological polar surface area (TPSA) is 66.0 Å². The molecule has 1 unspecified atom stereocenters. The lowest BCUT2D eigenvalue weighted by Gasteiger charge is -2.16. The summed E-state index contributed by atoms with van der Waals surface area (Å²) in [5.41, 5.74) is 1.19. The maximum atomic E-state index is 12.1. The van der Waals surface area contributed by atoms with Gasteiger partial charge in [-0.25, -0.2) is 0 Å². The van der Waals surface area contributed by atoms with Gasteiger partial charge in [0.2, 0.25) is 5.91 Å². The minimum absolute atomic E-state index is 0. The third kappa shape index (κ3) is 9.23. The first kappa shape index (κ1) is 24.7. The van der Waals surface area contributed by atoms with Crippen LogP contribution in [0.25, 0.3) is 0 Å². The Balaban J connectivity index is 0.00000392. The Hall–Kier alpha value is -1.35. The van der Waals surface area contributed by atoms with Gasteiger partial charge in [-0.1, -0.05) is 30.3 Å². The fourth-order valence-corrected chi connectivity index (χ4v) is 3.09. The molecule has 1 saturated heterocycles. The third-order valence-electron chi connectivity index (χ3n) is 4.64. The summed E-state index contributed by atoms with van der Waals surface area (Å²) in [6, 6.07) is 10.2. The van der Waals surface area contributed by atoms with Crippen molar-refractivity contribution in [3.05, 3.63) is 35.9 Å². The molecule has 0 saturated carbocycles. The number of guanidine groups is 1. The summed E-state index contributed by atoms with van der Waals surface area (Å²) in [5, 5.41) is 6.48. The Morgan fingerprint density at radius 2 is 1.93 bits per heavy atom. The first-order chi connectivity index (χ1) is 13.2. The summed E-state index contributed by atoms with van der Waals surface area (Å²) >= 11 is 0. The van der Waals surface area contributed by atoms with E-state index in [1.807, 2.05) is 30.0 Å². The number of hydrogen-bond donors (Lipinski definition) is 2. The Morgan fingerprint density at radius 3 is 2.61 bits per heavy atom. The second-order valence-electron chi connectivity index (χ2n) is 6.80. The van der Waals surface area contributed by atoms with Crippen molar-refractivity contribution < 1.29 is 9.53 Å². The molecule has 1 fully saturated rings. The van der Waals surface area contributed by atoms with Crippen LogP contribution >= 0.6 is 24.0 Å². The SMILES string of the molecule is CCNC(=NCCCOC(C)c1ccccc1)NCCC(=O)N1CCCC1.I. The average molecular weight is 502 g/mol. The summed E-state index contributed by atoms with van der Waals surface area (Å²) in [5.74, 6) is 1.00. The maximum absolute atomic E-state index is 12.1. The van der Waals surface area contributed by atoms with Crippen LogP contribution in [0.1, 0.15) is 51.2 Å². The van der Waals surface area contributed by atoms with E-state index in [0.29, 0.717) is 26.1 Å². The molecular formula is C21H35IN4O2. The molecular weight excluding hydrogens is 467 g/mol. The van der Waals surface area contributed by atoms with Crippen LogP contribution in [0.15, 0.2) is 35.3 Å². The molecule has 1 aliphatic heterocycles. The fraction of sp³-hybridized carbons (Fsp3) is 0.619. The lowest BCUT2D eigenvalue weighted by molar-refractivity contribution is -0.129. The summed E-state index contributed by atoms with van der Waals surface area (Å²) in [7, 11) is 0. The number of benzene rings is 1. The summed E-state index contributed by atoms with van der Waals surface area (Å²) < 4.78 is 5.88. The van der Waals surface area contributed by atoms with E-state index in [2.05, 4.69) is 34.7 Å². The lowest BCUT2D eigenvalue weighted by Crippen LogP contribution is -2.39. The number of halogens is 1. The number of hydrogen-bond acceptors (Lipinski definition) is 3. The van der Waals surface area contributed by atoms with Crippen LogP contribution in [-0.2, 0) is 9.53 Å². The normalized spacial score (nSPS) is 15.1. The molecule has 0 aromatic heterocycles. The molecule has 1 atom stereocenters. The molecule has 1 aromatic carbocycles. The molecule has 28 heavy (non-hydrogen) atoms. The van der Waals surface area contributed by atoms with Crippen molar-refractivity contribution in [3.8, 4) is 0 Å². The van der Waals surface area contributed by atoms with Crippen LogP contribution in [0, 0.1) is 0 Å². The van der Waals surface area contributed by atoms with Gasteiger partial charge in [-0.3, -0.25) is 9.79 Å². The van der Waals surface area contributed by atoms with Crippen molar-refractivity contribution in [2.75, 3.05) is 39.3 Å². The highest BCUT2D eigenvalue weighted by molar-refractivity contribution is 14.0. The molecule has 6 nitrogen and oxygen atoms in total. The van der Waals surface area contributed by atoms with Gasteiger partial charge in [0.25, 0.3) is 0 Å². The predicted molar refractivity (Wildman–Crippen MR) is 125 cm³/mol. The second-order valence-corrected chi connectivity index (χ2v) is 6.80. The largest absolute Gasteiger partial charge is 0.374 e. The average Bonchev–Trinajstić information content (AvgIpc) is 3.23. The smallest absolute Gasteiger partial charge is 0.224 e. The van der Waals surface area contributed by atoms with E-state index in [4.69, 9.17) is 4.74 Å². The van der Waals surface area contributed by atoms with Gasteiger partial charge in [0, 0.05) is 45.8 Å². The number of ether oxygens (including phenoxy) is 1. The predicted octanol–water partition coefficient (Wildman–Crippen LogP) is 3.34. The molecule has 1 aliphatic rings. The van der Waals surface area contributed by atoms with Gasteiger partial charge in [-0.05, 0) is 38.7 Å². The van der Waals surface area contributed by atoms with Crippen molar-refractivity contribution in [2.45, 2.75) is 45.6 Å². The monoisotopic (exact) mass is 502 g/mol. The minimum atomic E-state index is 0. The van der Waals surface area contributed by atoms with Gasteiger partial charge >= 0.3 is 0 Å². The molecule has 0 spiro atoms. The number of carbonyl (C=O) groups is 1. The highest BCUT2D eigenvalue weighted by Crippen LogP contribution is 2.15. The molecule has 1 aromatic rings. The number of rotatable bonds is 10. The third-order valence-corrected chi connectivity index (χ3v) is 4.64. The number of nitrogens with one attached hydrogen (secondary N) is 2. The first-order valence-corrected chi connectivity index (χ1v) is 10.2. The highest BCUT2D eigenvalue weighted by Gasteiger charge is 2.17. The number of likely N-dealkylation sites (tertiary alicyclic amines) is 1. The van der Waals surface area contributed by atoms with Crippen LogP contribution in [-0.4, -0.2) is 56.1 Å². The van der Waals surface area contributed by atoms with Gasteiger partial charge in [-0.2, -0.15) is 0 Å². The van der Waals surface area contributed by atoms with Crippen LogP contribution < -0.4 is 10.6 Å². The van der Waals surface area contributed by atoms with E-state index in [9.17, 15) is 4.79 Å². The van der Waals surface area contributed by atoms with Gasteiger partial charge in [0.15, 0.2) is 5.96 Å². The summed E-state index contributed by atoms with van der Waals surface area (Å²) in [6.45, 7) is 8.71. The summed E-state index contributed by atoms with van der Waals surface area (Å²) in [4.78, 5) is 18.6. The zero-order chi connectivity index (χ0) is 19.3. The van der Waals surface area contributed by atoms with Crippen molar-refractivity contribution in [3.63, 3.8) is 0 Å². The fourth-order valence-electron chi connectivity index (χ4n) is 3.09. The van der Waals surface area contributed by atoms with E-state index >= 15 is 0 Å². The number of nitrogens with zero attached hydrogens (tertiary/aromatic N) is 2. The molecule has 0 bridgehead atoms. The lowest BCUT2D eigenvalue weighted by atomic mass is 10.1. The highest BCUT2D eigenvalue weighted by atomic mass is 127. The zero-order valence-corrected chi connectivity index (χ0v) is 19.5. The van der Waals surface area contributed by atoms with Crippen LogP contribution in [0.3, 0.4) is 0 Å². The van der Waals surface area contributed by atoms with E-state index in [1.54, 1.807) is 0 Å². The minimum Gasteiger partial charge on any atom is -0.374 e. The van der Waals surface area contributed by atoms with Gasteiger partial charge < -0.3 is 20.3 Å². The van der Waals surface area contributed by atoms with Crippen LogP contribution in [0.2, 0.25) is 0 Å². The number of aliphatic imine (C=N–C) groups is 1. The molecule has 1 heterocycles. The van der Waals surface area contributed by atoms with Crippen molar-refractivity contribution in [1.29, 1.82) is 0 Å². The summed E-state index contributed by atoms with van der Waals surface area (Å²) in [6.07, 6.45) is 3.74. The molecule has 2 N–H and O–H groups in total. The quantitative estimate of drug-likeness (QED) is 0.223. The maximum Gasteiger partial charge on any atom is 0.224 e. The van der Waals surface area contributed by atoms with Gasteiger partial charge in [0.1, 0.15) is 0 Å². The Morgan fingerprint density at radius 1 is 1.21 bits per heavy atom. The molecule has 158 valence electrons. The second kappa shape index (κ2) is 14.6. The van der Waals surface area contributed by atoms with E-state index < -0.39 is 0 Å². The Labute approximate surface area is 186 Å². The molecule has 2 rings (SSSR count). The van der Waals surface area contributed by atoms with Crippen LogP contribution in [0.4, 0.5) is 0 Å². The Kier molecular flexibility index (Phi) is 12.9. The van der Waals surface area contributed by atoms with E-state index in [0.717, 1.165) is 44.9 Å². The zero-order valence-electron chi connectivity index (χ0n) is 17.2. The van der Waals surface area contributed by atoms with Crippen LogP contribution in [0.5, 0.6) is 0 Å². The standard InChI is InChI=1S/C21H34N4O2.HI/c1-3-22-21(24-14-12-20(26)25-15-7-8-16-25)23-13-9-17-27-18(2)19-10-5-4-6-11-19;/h4-6,10-11,18H,3,7-9,12-17H2,1-2H3,(H2,22,23,24);1H. The molecule has 1 amide bonds. The first-order valence-electron chi connectivity index (χ1n) is 10.2. The van der Waals surface area contributed by atoms with E-state index in [1.165, 1.54) is 5.56 Å². The van der Waals surface area contributed by atoms with Crippen molar-refractivity contribution >= 4 is 35.8 Å². The van der Waals surface area contributed by atoms with E-state index in [-0.39, 0.29) is 36.0 Å². The number of carbonyl (C=O) groups excluding carboxylic acids is 1. The molecule has 7 heteroatoms. The van der Waals surface area contributed by atoms with Crippen molar-refractivity contribution in [2.24, 2.45) is 4.99 Å². The van der Waals surface area contributed by atoms with Gasteiger partial charge in [-0.15, -0.1) is 24.0 Å². The molecule has 0 aliphatic carbocycles. The van der Waals surface area contributed by atoms with Crippen molar-refractivity contribution in [1.82, 2.24) is 15.5 Å².